The Morgan fingerprint density at radius 3 is 2.57 bits per heavy atom. The van der Waals surface area contributed by atoms with Crippen LogP contribution in [0.3, 0.4) is 0 Å². The zero-order valence-electron chi connectivity index (χ0n) is 13.1. The van der Waals surface area contributed by atoms with Crippen molar-refractivity contribution in [3.05, 3.63) is 35.0 Å². The maximum Gasteiger partial charge on any atom is 0.268 e. The molecular formula is C15H22N4O2. The number of carbonyl (C=O) groups excluding carboxylic acids is 1. The normalized spacial score (nSPS) is 12.7. The number of hydrogen-bond donors (Lipinski definition) is 2. The number of rotatable bonds is 4. The second kappa shape index (κ2) is 5.63. The van der Waals surface area contributed by atoms with E-state index in [1.54, 1.807) is 12.3 Å². The Bertz CT molecular complexity index is 635. The van der Waals surface area contributed by atoms with E-state index in [1.165, 1.54) is 0 Å². The van der Waals surface area contributed by atoms with E-state index in [2.05, 4.69) is 10.5 Å². The predicted octanol–water partition coefficient (Wildman–Crippen LogP) is 2.75. The number of aryl methyl sites for hydroxylation is 2. The summed E-state index contributed by atoms with van der Waals surface area (Å²) in [7, 11) is 0. The summed E-state index contributed by atoms with van der Waals surface area (Å²) in [4.78, 5) is 12.5. The van der Waals surface area contributed by atoms with Gasteiger partial charge in [0.1, 0.15) is 11.5 Å². The standard InChI is InChI=1S/C15H22N4O2/c1-8(2)19-7-12(16)6-13(19)15(20)17-9(3)14-10(4)18-21-11(14)5/h6-9H,16H2,1-5H3,(H,17,20). The lowest BCUT2D eigenvalue weighted by Gasteiger charge is -2.16. The molecule has 1 atom stereocenters. The molecule has 2 aromatic rings. The van der Waals surface area contributed by atoms with Crippen molar-refractivity contribution in [3.63, 3.8) is 0 Å². The average Bonchev–Trinajstić information content (AvgIpc) is 2.93. The first-order valence-electron chi connectivity index (χ1n) is 7.02. The van der Waals surface area contributed by atoms with Crippen molar-refractivity contribution in [2.75, 3.05) is 5.73 Å². The van der Waals surface area contributed by atoms with Crippen LogP contribution in [0.2, 0.25) is 0 Å². The number of anilines is 1. The molecular weight excluding hydrogens is 268 g/mol. The molecule has 114 valence electrons. The van der Waals surface area contributed by atoms with Gasteiger partial charge in [-0.25, -0.2) is 0 Å². The maximum atomic E-state index is 12.5. The first-order valence-corrected chi connectivity index (χ1v) is 7.02. The van der Waals surface area contributed by atoms with E-state index in [-0.39, 0.29) is 18.0 Å². The van der Waals surface area contributed by atoms with Crippen LogP contribution in [0.4, 0.5) is 5.69 Å². The molecule has 0 bridgehead atoms. The van der Waals surface area contributed by atoms with E-state index >= 15 is 0 Å². The molecule has 3 N–H and O–H groups in total. The van der Waals surface area contributed by atoms with Crippen LogP contribution in [0.1, 0.15) is 60.4 Å². The SMILES string of the molecule is Cc1noc(C)c1C(C)NC(=O)c1cc(N)cn1C(C)C. The fourth-order valence-electron chi connectivity index (χ4n) is 2.56. The number of nitrogen functional groups attached to an aromatic ring is 1. The highest BCUT2D eigenvalue weighted by molar-refractivity contribution is 5.94. The molecule has 0 fully saturated rings. The van der Waals surface area contributed by atoms with E-state index < -0.39 is 0 Å². The van der Waals surface area contributed by atoms with Crippen LogP contribution >= 0.6 is 0 Å². The molecule has 0 saturated carbocycles. The van der Waals surface area contributed by atoms with Gasteiger partial charge in [-0.15, -0.1) is 0 Å². The van der Waals surface area contributed by atoms with Crippen LogP contribution in [0.5, 0.6) is 0 Å². The minimum absolute atomic E-state index is 0.159. The summed E-state index contributed by atoms with van der Waals surface area (Å²) in [6, 6.07) is 1.67. The van der Waals surface area contributed by atoms with E-state index in [4.69, 9.17) is 10.3 Å². The Balaban J connectivity index is 2.22. The maximum absolute atomic E-state index is 12.5. The van der Waals surface area contributed by atoms with Crippen LogP contribution in [-0.2, 0) is 0 Å². The highest BCUT2D eigenvalue weighted by Crippen LogP contribution is 2.22. The van der Waals surface area contributed by atoms with Crippen molar-refractivity contribution >= 4 is 11.6 Å². The molecule has 0 aliphatic heterocycles. The van der Waals surface area contributed by atoms with Gasteiger partial charge in [0.15, 0.2) is 0 Å². The quantitative estimate of drug-likeness (QED) is 0.906. The third kappa shape index (κ3) is 2.94. The second-order valence-electron chi connectivity index (χ2n) is 5.59. The summed E-state index contributed by atoms with van der Waals surface area (Å²) in [5, 5.41) is 6.89. The van der Waals surface area contributed by atoms with Crippen LogP contribution < -0.4 is 11.1 Å². The molecule has 0 aliphatic carbocycles. The topological polar surface area (TPSA) is 86.1 Å². The Hall–Kier alpha value is -2.24. The van der Waals surface area contributed by atoms with Gasteiger partial charge in [0.2, 0.25) is 0 Å². The number of aromatic nitrogens is 2. The van der Waals surface area contributed by atoms with E-state index in [1.807, 2.05) is 39.2 Å². The Labute approximate surface area is 124 Å². The van der Waals surface area contributed by atoms with Gasteiger partial charge in [-0.3, -0.25) is 4.79 Å². The first-order chi connectivity index (χ1) is 9.81. The van der Waals surface area contributed by atoms with Gasteiger partial charge in [-0.2, -0.15) is 0 Å². The van der Waals surface area contributed by atoms with E-state index in [9.17, 15) is 4.79 Å². The molecule has 0 aromatic carbocycles. The van der Waals surface area contributed by atoms with Gasteiger partial charge < -0.3 is 20.1 Å². The lowest BCUT2D eigenvalue weighted by molar-refractivity contribution is 0.0929. The van der Waals surface area contributed by atoms with Gasteiger partial charge in [0.05, 0.1) is 17.4 Å². The van der Waals surface area contributed by atoms with Gasteiger partial charge in [0, 0.05) is 17.8 Å². The zero-order chi connectivity index (χ0) is 15.7. The monoisotopic (exact) mass is 290 g/mol. The number of nitrogens with zero attached hydrogens (tertiary/aromatic N) is 2. The van der Waals surface area contributed by atoms with Crippen molar-refractivity contribution < 1.29 is 9.32 Å². The minimum atomic E-state index is -0.180. The van der Waals surface area contributed by atoms with Gasteiger partial charge in [0.25, 0.3) is 5.91 Å². The highest BCUT2D eigenvalue weighted by Gasteiger charge is 2.21. The van der Waals surface area contributed by atoms with Crippen molar-refractivity contribution in [2.45, 2.75) is 46.7 Å². The molecule has 6 heteroatoms. The lowest BCUT2D eigenvalue weighted by atomic mass is 10.1. The van der Waals surface area contributed by atoms with Gasteiger partial charge >= 0.3 is 0 Å². The number of carbonyl (C=O) groups is 1. The molecule has 1 unspecified atom stereocenters. The summed E-state index contributed by atoms with van der Waals surface area (Å²) in [6.07, 6.45) is 1.78. The van der Waals surface area contributed by atoms with Crippen molar-refractivity contribution in [3.8, 4) is 0 Å². The molecule has 6 nitrogen and oxygen atoms in total. The fourth-order valence-corrected chi connectivity index (χ4v) is 2.56. The zero-order valence-corrected chi connectivity index (χ0v) is 13.1. The Morgan fingerprint density at radius 1 is 1.38 bits per heavy atom. The average molecular weight is 290 g/mol. The highest BCUT2D eigenvalue weighted by atomic mass is 16.5. The van der Waals surface area contributed by atoms with Crippen LogP contribution in [0, 0.1) is 13.8 Å². The first kappa shape index (κ1) is 15.2. The molecule has 2 aromatic heterocycles. The summed E-state index contributed by atoms with van der Waals surface area (Å²) >= 11 is 0. The largest absolute Gasteiger partial charge is 0.397 e. The van der Waals surface area contributed by atoms with Gasteiger partial charge in [-0.05, 0) is 40.7 Å². The third-order valence-corrected chi connectivity index (χ3v) is 3.53. The smallest absolute Gasteiger partial charge is 0.268 e. The summed E-state index contributed by atoms with van der Waals surface area (Å²) in [5.41, 5.74) is 8.65. The number of hydrogen-bond acceptors (Lipinski definition) is 4. The van der Waals surface area contributed by atoms with Crippen molar-refractivity contribution in [2.24, 2.45) is 0 Å². The van der Waals surface area contributed by atoms with E-state index in [0.29, 0.717) is 11.4 Å². The summed E-state index contributed by atoms with van der Waals surface area (Å²) in [6.45, 7) is 9.63. The molecule has 1 amide bonds. The van der Waals surface area contributed by atoms with Gasteiger partial charge in [-0.1, -0.05) is 5.16 Å². The third-order valence-electron chi connectivity index (χ3n) is 3.53. The van der Waals surface area contributed by atoms with Crippen LogP contribution in [0.25, 0.3) is 0 Å². The number of amides is 1. The summed E-state index contributed by atoms with van der Waals surface area (Å²) < 4.78 is 7.01. The molecule has 0 radical (unpaired) electrons. The fraction of sp³-hybridized carbons (Fsp3) is 0.467. The molecule has 0 spiro atoms. The number of nitrogens with one attached hydrogen (secondary N) is 1. The molecule has 2 rings (SSSR count). The minimum Gasteiger partial charge on any atom is -0.397 e. The Morgan fingerprint density at radius 2 is 2.05 bits per heavy atom. The molecule has 21 heavy (non-hydrogen) atoms. The molecule has 0 saturated heterocycles. The number of nitrogens with two attached hydrogens (primary N) is 1. The van der Waals surface area contributed by atoms with Crippen molar-refractivity contribution in [1.29, 1.82) is 0 Å². The van der Waals surface area contributed by atoms with Crippen molar-refractivity contribution in [1.82, 2.24) is 15.0 Å². The lowest BCUT2D eigenvalue weighted by Crippen LogP contribution is -2.29. The summed E-state index contributed by atoms with van der Waals surface area (Å²) in [5.74, 6) is 0.562. The second-order valence-corrected chi connectivity index (χ2v) is 5.59. The van der Waals surface area contributed by atoms with E-state index in [0.717, 1.165) is 17.0 Å². The molecule has 2 heterocycles. The van der Waals surface area contributed by atoms with Crippen LogP contribution in [0.15, 0.2) is 16.8 Å². The van der Waals surface area contributed by atoms with Crippen LogP contribution in [-0.4, -0.2) is 15.6 Å². The molecule has 0 aliphatic rings. The predicted molar refractivity (Wildman–Crippen MR) is 81.1 cm³/mol. The Kier molecular flexibility index (Phi) is 4.06.